The molecular formula is C26H27N5O3. The first-order valence-electron chi connectivity index (χ1n) is 11.1. The highest BCUT2D eigenvalue weighted by atomic mass is 16.3. The first-order chi connectivity index (χ1) is 16.2. The van der Waals surface area contributed by atoms with Crippen LogP contribution in [0.15, 0.2) is 48.5 Å². The number of nitrogens with one attached hydrogen (secondary N) is 2. The number of amides is 2. The highest BCUT2D eigenvalue weighted by Crippen LogP contribution is 2.27. The Morgan fingerprint density at radius 3 is 2.76 bits per heavy atom. The number of nitrogens with zero attached hydrogens (tertiary/aromatic N) is 3. The van der Waals surface area contributed by atoms with Gasteiger partial charge in [-0.1, -0.05) is 48.2 Å². The zero-order chi connectivity index (χ0) is 24.3. The molecule has 1 aliphatic rings. The topological polar surface area (TPSA) is 111 Å². The lowest BCUT2D eigenvalue weighted by atomic mass is 10.0. The van der Waals surface area contributed by atoms with Crippen LogP contribution in [0, 0.1) is 11.8 Å². The van der Waals surface area contributed by atoms with Crippen LogP contribution in [-0.2, 0) is 17.6 Å². The molecule has 4 rings (SSSR count). The van der Waals surface area contributed by atoms with Crippen molar-refractivity contribution < 1.29 is 14.7 Å². The largest absolute Gasteiger partial charge is 0.378 e. The van der Waals surface area contributed by atoms with E-state index in [9.17, 15) is 14.7 Å². The Balaban J connectivity index is 1.46. The van der Waals surface area contributed by atoms with Crippen molar-refractivity contribution in [3.05, 3.63) is 76.9 Å². The number of H-pyrrole nitrogens is 1. The number of hydrogen-bond acceptors (Lipinski definition) is 5. The van der Waals surface area contributed by atoms with Crippen molar-refractivity contribution in [1.82, 2.24) is 20.5 Å². The maximum Gasteiger partial charge on any atom is 0.291 e. The molecule has 1 atom stereocenters. The zero-order valence-corrected chi connectivity index (χ0v) is 19.4. The molecule has 1 unspecified atom stereocenters. The van der Waals surface area contributed by atoms with Crippen molar-refractivity contribution in [2.24, 2.45) is 0 Å². The first-order valence-corrected chi connectivity index (χ1v) is 11.1. The van der Waals surface area contributed by atoms with Crippen LogP contribution in [0.2, 0.25) is 0 Å². The van der Waals surface area contributed by atoms with E-state index in [4.69, 9.17) is 0 Å². The van der Waals surface area contributed by atoms with Crippen molar-refractivity contribution >= 4 is 17.5 Å². The van der Waals surface area contributed by atoms with E-state index in [2.05, 4.69) is 32.3 Å². The van der Waals surface area contributed by atoms with Crippen molar-refractivity contribution in [1.29, 1.82) is 0 Å². The standard InChI is InChI=1S/C26H27N5O3/c1-26(2,34)14-13-18-9-10-19-11-12-20(25(33)31(3)21(19)15-18)27-24(32)23-28-22(29-30-23)16-17-7-5-4-6-8-17/h4-10,15,20,34H,11-12,16H2,1-3H3,(H,27,32)(H,28,29,30). The lowest BCUT2D eigenvalue weighted by molar-refractivity contribution is -0.120. The summed E-state index contributed by atoms with van der Waals surface area (Å²) in [5.41, 5.74) is 2.38. The van der Waals surface area contributed by atoms with E-state index in [0.717, 1.165) is 16.8 Å². The summed E-state index contributed by atoms with van der Waals surface area (Å²) in [5, 5.41) is 19.5. The first kappa shape index (κ1) is 23.2. The number of benzene rings is 2. The molecule has 2 heterocycles. The van der Waals surface area contributed by atoms with Crippen LogP contribution in [0.3, 0.4) is 0 Å². The van der Waals surface area contributed by atoms with E-state index in [1.54, 1.807) is 25.8 Å². The quantitative estimate of drug-likeness (QED) is 0.521. The summed E-state index contributed by atoms with van der Waals surface area (Å²) >= 11 is 0. The molecule has 1 aromatic heterocycles. The maximum atomic E-state index is 13.1. The number of aromatic nitrogens is 3. The molecule has 0 spiro atoms. The number of aromatic amines is 1. The fraction of sp³-hybridized carbons (Fsp3) is 0.308. The molecule has 0 saturated heterocycles. The van der Waals surface area contributed by atoms with Gasteiger partial charge < -0.3 is 15.3 Å². The highest BCUT2D eigenvalue weighted by Gasteiger charge is 2.30. The number of likely N-dealkylation sites (N-methyl/N-ethyl adjacent to an activating group) is 1. The van der Waals surface area contributed by atoms with Crippen molar-refractivity contribution in [3.8, 4) is 11.8 Å². The number of hydrogen-bond donors (Lipinski definition) is 3. The van der Waals surface area contributed by atoms with Crippen LogP contribution in [0.1, 0.15) is 53.4 Å². The van der Waals surface area contributed by atoms with Crippen LogP contribution in [0.5, 0.6) is 0 Å². The third-order valence-electron chi connectivity index (χ3n) is 5.54. The van der Waals surface area contributed by atoms with Gasteiger partial charge in [0.2, 0.25) is 11.7 Å². The Morgan fingerprint density at radius 1 is 1.26 bits per heavy atom. The van der Waals surface area contributed by atoms with Crippen LogP contribution in [0.25, 0.3) is 0 Å². The summed E-state index contributed by atoms with van der Waals surface area (Å²) < 4.78 is 0. The van der Waals surface area contributed by atoms with Crippen LogP contribution in [-0.4, -0.2) is 50.8 Å². The molecule has 34 heavy (non-hydrogen) atoms. The second-order valence-corrected chi connectivity index (χ2v) is 8.88. The third kappa shape index (κ3) is 5.50. The molecule has 3 aromatic rings. The Kier molecular flexibility index (Phi) is 6.48. The van der Waals surface area contributed by atoms with Gasteiger partial charge in [-0.05, 0) is 49.9 Å². The fourth-order valence-electron chi connectivity index (χ4n) is 3.79. The summed E-state index contributed by atoms with van der Waals surface area (Å²) in [6, 6.07) is 14.7. The predicted molar refractivity (Wildman–Crippen MR) is 128 cm³/mol. The molecule has 0 fully saturated rings. The van der Waals surface area contributed by atoms with Gasteiger partial charge >= 0.3 is 0 Å². The van der Waals surface area contributed by atoms with E-state index in [1.165, 1.54) is 0 Å². The second kappa shape index (κ2) is 9.49. The van der Waals surface area contributed by atoms with Gasteiger partial charge in [-0.15, -0.1) is 5.10 Å². The Hall–Kier alpha value is -3.96. The highest BCUT2D eigenvalue weighted by molar-refractivity contribution is 6.02. The minimum atomic E-state index is -1.11. The fourth-order valence-corrected chi connectivity index (χ4v) is 3.79. The van der Waals surface area contributed by atoms with Gasteiger partial charge in [0.25, 0.3) is 5.91 Å². The number of fused-ring (bicyclic) bond motifs is 1. The third-order valence-corrected chi connectivity index (χ3v) is 5.54. The predicted octanol–water partition coefficient (Wildman–Crippen LogP) is 2.23. The SMILES string of the molecule is CN1C(=O)C(NC(=O)c2n[nH]c(Cc3ccccc3)n2)CCc2ccc(C#CC(C)(C)O)cc21. The molecule has 3 N–H and O–H groups in total. The monoisotopic (exact) mass is 457 g/mol. The minimum Gasteiger partial charge on any atom is -0.378 e. The zero-order valence-electron chi connectivity index (χ0n) is 19.4. The van der Waals surface area contributed by atoms with Crippen molar-refractivity contribution in [2.45, 2.75) is 44.8 Å². The molecule has 8 nitrogen and oxygen atoms in total. The molecule has 0 saturated carbocycles. The molecule has 0 aliphatic carbocycles. The van der Waals surface area contributed by atoms with Gasteiger partial charge in [0.05, 0.1) is 0 Å². The lowest BCUT2D eigenvalue weighted by Crippen LogP contribution is -2.47. The molecule has 2 amide bonds. The van der Waals surface area contributed by atoms with E-state index in [0.29, 0.717) is 30.7 Å². The maximum absolute atomic E-state index is 13.1. The Bertz CT molecular complexity index is 1260. The van der Waals surface area contributed by atoms with Gasteiger partial charge in [-0.25, -0.2) is 4.98 Å². The molecule has 0 bridgehead atoms. The van der Waals surface area contributed by atoms with E-state index in [1.807, 2.05) is 48.5 Å². The lowest BCUT2D eigenvalue weighted by Gasteiger charge is -2.22. The van der Waals surface area contributed by atoms with Gasteiger partial charge in [-0.2, -0.15) is 0 Å². The number of aliphatic hydroxyl groups is 1. The van der Waals surface area contributed by atoms with E-state index >= 15 is 0 Å². The molecular weight excluding hydrogens is 430 g/mol. The summed E-state index contributed by atoms with van der Waals surface area (Å²) in [7, 11) is 1.68. The number of anilines is 1. The molecule has 8 heteroatoms. The Labute approximate surface area is 198 Å². The molecule has 2 aromatic carbocycles. The average Bonchev–Trinajstić information content (AvgIpc) is 3.24. The Morgan fingerprint density at radius 2 is 2.03 bits per heavy atom. The van der Waals surface area contributed by atoms with Crippen LogP contribution >= 0.6 is 0 Å². The smallest absolute Gasteiger partial charge is 0.291 e. The van der Waals surface area contributed by atoms with Gasteiger partial charge in [0.15, 0.2) is 0 Å². The molecule has 174 valence electrons. The van der Waals surface area contributed by atoms with Crippen LogP contribution in [0.4, 0.5) is 5.69 Å². The van der Waals surface area contributed by atoms with Gasteiger partial charge in [0, 0.05) is 24.7 Å². The normalized spacial score (nSPS) is 15.7. The summed E-state index contributed by atoms with van der Waals surface area (Å²) in [4.78, 5) is 31.8. The van der Waals surface area contributed by atoms with Crippen molar-refractivity contribution in [2.75, 3.05) is 11.9 Å². The van der Waals surface area contributed by atoms with Crippen LogP contribution < -0.4 is 10.2 Å². The average molecular weight is 458 g/mol. The number of carbonyl (C=O) groups is 2. The molecule has 1 aliphatic heterocycles. The second-order valence-electron chi connectivity index (χ2n) is 8.88. The summed E-state index contributed by atoms with van der Waals surface area (Å²) in [6.45, 7) is 3.23. The molecule has 0 radical (unpaired) electrons. The summed E-state index contributed by atoms with van der Waals surface area (Å²) in [6.07, 6.45) is 1.60. The van der Waals surface area contributed by atoms with Crippen molar-refractivity contribution in [3.63, 3.8) is 0 Å². The number of rotatable bonds is 4. The summed E-state index contributed by atoms with van der Waals surface area (Å²) in [5.74, 6) is 5.60. The van der Waals surface area contributed by atoms with Gasteiger partial charge in [-0.3, -0.25) is 14.7 Å². The number of carbonyl (C=O) groups excluding carboxylic acids is 2. The van der Waals surface area contributed by atoms with E-state index in [-0.39, 0.29) is 11.7 Å². The minimum absolute atomic E-state index is 0.00678. The van der Waals surface area contributed by atoms with E-state index < -0.39 is 17.6 Å². The van der Waals surface area contributed by atoms with Gasteiger partial charge in [0.1, 0.15) is 17.5 Å². The number of aryl methyl sites for hydroxylation is 1.